The van der Waals surface area contributed by atoms with E-state index in [0.29, 0.717) is 18.7 Å². The zero-order valence-corrected chi connectivity index (χ0v) is 12.4. The fraction of sp³-hybridized carbons (Fsp3) is 0.286. The lowest BCUT2D eigenvalue weighted by Crippen LogP contribution is -2.08. The predicted molar refractivity (Wildman–Crippen MR) is 78.2 cm³/mol. The van der Waals surface area contributed by atoms with Crippen LogP contribution in [-0.4, -0.2) is 11.1 Å². The molecule has 0 aliphatic heterocycles. The highest BCUT2D eigenvalue weighted by molar-refractivity contribution is 6.37. The topological polar surface area (TPSA) is 30.9 Å². The molecule has 0 amide bonds. The Labute approximate surface area is 130 Å². The summed E-state index contributed by atoms with van der Waals surface area (Å²) >= 11 is 12.0. The Balaban J connectivity index is 2.48. The molecule has 2 N–H and O–H groups in total. The first-order valence-corrected chi connectivity index (χ1v) is 7.03. The number of alkyl halides is 3. The van der Waals surface area contributed by atoms with Crippen molar-refractivity contribution in [3.63, 3.8) is 0 Å². The van der Waals surface area contributed by atoms with Crippen LogP contribution in [0.25, 0.3) is 5.69 Å². The van der Waals surface area contributed by atoms with E-state index in [-0.39, 0.29) is 10.0 Å². The highest BCUT2D eigenvalue weighted by atomic mass is 35.5. The fourth-order valence-electron chi connectivity index (χ4n) is 2.08. The molecule has 0 fully saturated rings. The Kier molecular flexibility index (Phi) is 4.86. The molecule has 0 bridgehead atoms. The van der Waals surface area contributed by atoms with Crippen molar-refractivity contribution in [3.05, 3.63) is 51.8 Å². The molecule has 2 rings (SSSR count). The lowest BCUT2D eigenvalue weighted by Gasteiger charge is -2.15. The standard InChI is InChI=1S/C14H13Cl2F3N2/c15-11-7-9(14(17,18)19)8-12(16)13(11)21-6-2-4-10(21)3-1-5-20/h2,4,6-8H,1,3,5,20H2. The van der Waals surface area contributed by atoms with Gasteiger partial charge in [-0.25, -0.2) is 0 Å². The average Bonchev–Trinajstić information content (AvgIpc) is 2.82. The Morgan fingerprint density at radius 3 is 2.29 bits per heavy atom. The van der Waals surface area contributed by atoms with Crippen LogP contribution in [0.5, 0.6) is 0 Å². The second kappa shape index (κ2) is 6.30. The molecule has 1 heterocycles. The van der Waals surface area contributed by atoms with Gasteiger partial charge < -0.3 is 10.3 Å². The van der Waals surface area contributed by atoms with Gasteiger partial charge in [0.15, 0.2) is 0 Å². The molecule has 0 saturated heterocycles. The Hall–Kier alpha value is -1.17. The molecule has 0 unspecified atom stereocenters. The summed E-state index contributed by atoms with van der Waals surface area (Å²) in [6, 6.07) is 5.42. The SMILES string of the molecule is NCCCc1cccn1-c1c(Cl)cc(C(F)(F)F)cc1Cl. The number of halogens is 5. The van der Waals surface area contributed by atoms with Gasteiger partial charge in [0.1, 0.15) is 0 Å². The summed E-state index contributed by atoms with van der Waals surface area (Å²) in [7, 11) is 0. The summed E-state index contributed by atoms with van der Waals surface area (Å²) in [6.07, 6.45) is -1.31. The van der Waals surface area contributed by atoms with Crippen molar-refractivity contribution < 1.29 is 13.2 Å². The minimum absolute atomic E-state index is 0.0416. The quantitative estimate of drug-likeness (QED) is 0.862. The third-order valence-corrected chi connectivity index (χ3v) is 3.63. The Morgan fingerprint density at radius 1 is 1.14 bits per heavy atom. The number of hydrogen-bond acceptors (Lipinski definition) is 1. The highest BCUT2D eigenvalue weighted by Crippen LogP contribution is 2.38. The maximum Gasteiger partial charge on any atom is 0.416 e. The summed E-state index contributed by atoms with van der Waals surface area (Å²) < 4.78 is 39.9. The molecule has 1 aromatic carbocycles. The first-order valence-electron chi connectivity index (χ1n) is 6.27. The van der Waals surface area contributed by atoms with Gasteiger partial charge in [-0.15, -0.1) is 0 Å². The molecule has 0 radical (unpaired) electrons. The van der Waals surface area contributed by atoms with Crippen molar-refractivity contribution in [2.75, 3.05) is 6.54 Å². The number of hydrogen-bond donors (Lipinski definition) is 1. The molecule has 0 aliphatic carbocycles. The second-order valence-electron chi connectivity index (χ2n) is 4.55. The van der Waals surface area contributed by atoms with Gasteiger partial charge >= 0.3 is 6.18 Å². The van der Waals surface area contributed by atoms with Crippen LogP contribution in [-0.2, 0) is 12.6 Å². The van der Waals surface area contributed by atoms with E-state index in [4.69, 9.17) is 28.9 Å². The molecular formula is C14H13Cl2F3N2. The minimum Gasteiger partial charge on any atom is -0.330 e. The van der Waals surface area contributed by atoms with Crippen LogP contribution < -0.4 is 5.73 Å². The first kappa shape index (κ1) is 16.2. The van der Waals surface area contributed by atoms with E-state index in [2.05, 4.69) is 0 Å². The van der Waals surface area contributed by atoms with Gasteiger partial charge in [-0.2, -0.15) is 13.2 Å². The van der Waals surface area contributed by atoms with Crippen LogP contribution in [0.4, 0.5) is 13.2 Å². The van der Waals surface area contributed by atoms with Crippen molar-refractivity contribution in [2.45, 2.75) is 19.0 Å². The maximum absolute atomic E-state index is 12.7. The van der Waals surface area contributed by atoms with Crippen LogP contribution in [0.3, 0.4) is 0 Å². The predicted octanol–water partition coefficient (Wildman–Crippen LogP) is 4.69. The van der Waals surface area contributed by atoms with E-state index in [1.165, 1.54) is 0 Å². The zero-order valence-electron chi connectivity index (χ0n) is 10.9. The van der Waals surface area contributed by atoms with Crippen LogP contribution in [0.15, 0.2) is 30.5 Å². The number of aryl methyl sites for hydroxylation is 1. The summed E-state index contributed by atoms with van der Waals surface area (Å²) in [5.41, 5.74) is 5.85. The lowest BCUT2D eigenvalue weighted by molar-refractivity contribution is -0.137. The number of benzene rings is 1. The van der Waals surface area contributed by atoms with E-state index in [1.807, 2.05) is 6.07 Å². The third-order valence-electron chi connectivity index (χ3n) is 3.06. The molecule has 7 heteroatoms. The molecule has 114 valence electrons. The van der Waals surface area contributed by atoms with E-state index < -0.39 is 11.7 Å². The first-order chi connectivity index (χ1) is 9.84. The van der Waals surface area contributed by atoms with Gasteiger partial charge in [-0.05, 0) is 43.7 Å². The minimum atomic E-state index is -4.48. The van der Waals surface area contributed by atoms with Crippen LogP contribution in [0.1, 0.15) is 17.7 Å². The van der Waals surface area contributed by atoms with Crippen molar-refractivity contribution in [1.82, 2.24) is 4.57 Å². The van der Waals surface area contributed by atoms with E-state index in [9.17, 15) is 13.2 Å². The molecule has 2 aromatic rings. The number of nitrogens with zero attached hydrogens (tertiary/aromatic N) is 1. The second-order valence-corrected chi connectivity index (χ2v) is 5.36. The largest absolute Gasteiger partial charge is 0.416 e. The molecule has 0 aliphatic rings. The normalized spacial score (nSPS) is 11.9. The summed E-state index contributed by atoms with van der Waals surface area (Å²) in [5, 5.41) is -0.0833. The molecular weight excluding hydrogens is 324 g/mol. The van der Waals surface area contributed by atoms with Crippen LogP contribution >= 0.6 is 23.2 Å². The Bertz CT molecular complexity index is 612. The van der Waals surface area contributed by atoms with Gasteiger partial charge in [0, 0.05) is 11.9 Å². The summed E-state index contributed by atoms with van der Waals surface area (Å²) in [4.78, 5) is 0. The fourth-order valence-corrected chi connectivity index (χ4v) is 2.75. The highest BCUT2D eigenvalue weighted by Gasteiger charge is 2.32. The molecule has 1 aromatic heterocycles. The number of nitrogens with two attached hydrogens (primary N) is 1. The molecule has 0 saturated carbocycles. The van der Waals surface area contributed by atoms with Crippen molar-refractivity contribution in [2.24, 2.45) is 5.73 Å². The van der Waals surface area contributed by atoms with E-state index >= 15 is 0 Å². The molecule has 0 atom stereocenters. The van der Waals surface area contributed by atoms with E-state index in [0.717, 1.165) is 24.2 Å². The lowest BCUT2D eigenvalue weighted by atomic mass is 10.2. The van der Waals surface area contributed by atoms with Crippen molar-refractivity contribution in [1.29, 1.82) is 0 Å². The molecule has 2 nitrogen and oxygen atoms in total. The number of rotatable bonds is 4. The maximum atomic E-state index is 12.7. The van der Waals surface area contributed by atoms with E-state index in [1.54, 1.807) is 16.8 Å². The number of aromatic nitrogens is 1. The van der Waals surface area contributed by atoms with Crippen molar-refractivity contribution >= 4 is 23.2 Å². The molecule has 21 heavy (non-hydrogen) atoms. The summed E-state index contributed by atoms with van der Waals surface area (Å²) in [5.74, 6) is 0. The van der Waals surface area contributed by atoms with Crippen molar-refractivity contribution in [3.8, 4) is 5.69 Å². The average molecular weight is 337 g/mol. The van der Waals surface area contributed by atoms with Gasteiger partial charge in [-0.3, -0.25) is 0 Å². The third kappa shape index (κ3) is 3.54. The van der Waals surface area contributed by atoms with Crippen LogP contribution in [0.2, 0.25) is 10.0 Å². The van der Waals surface area contributed by atoms with Gasteiger partial charge in [0.05, 0.1) is 21.3 Å². The molecule has 0 spiro atoms. The van der Waals surface area contributed by atoms with Gasteiger partial charge in [0.2, 0.25) is 0 Å². The van der Waals surface area contributed by atoms with Gasteiger partial charge in [0.25, 0.3) is 0 Å². The summed E-state index contributed by atoms with van der Waals surface area (Å²) in [6.45, 7) is 0.527. The zero-order chi connectivity index (χ0) is 15.6. The van der Waals surface area contributed by atoms with Crippen LogP contribution in [0, 0.1) is 0 Å². The Morgan fingerprint density at radius 2 is 1.76 bits per heavy atom. The smallest absolute Gasteiger partial charge is 0.330 e. The van der Waals surface area contributed by atoms with Gasteiger partial charge in [-0.1, -0.05) is 23.2 Å². The monoisotopic (exact) mass is 336 g/mol.